The summed E-state index contributed by atoms with van der Waals surface area (Å²) in [4.78, 5) is 24.4. The fraction of sp³-hybridized carbons (Fsp3) is 0.238. The number of aliphatic hydroxyl groups excluding tert-OH is 2. The number of phenols is 2. The molecule has 0 bridgehead atoms. The lowest BCUT2D eigenvalue weighted by atomic mass is 10.0. The van der Waals surface area contributed by atoms with Gasteiger partial charge in [-0.3, -0.25) is 9.59 Å². The predicted octanol–water partition coefficient (Wildman–Crippen LogP) is 1.29. The zero-order chi connectivity index (χ0) is 21.4. The van der Waals surface area contributed by atoms with E-state index in [1.807, 2.05) is 0 Å². The van der Waals surface area contributed by atoms with Crippen molar-refractivity contribution >= 4 is 16.8 Å². The molecule has 1 saturated heterocycles. The van der Waals surface area contributed by atoms with E-state index in [0.29, 0.717) is 11.3 Å². The first kappa shape index (κ1) is 19.9. The van der Waals surface area contributed by atoms with E-state index in [1.54, 1.807) is 24.3 Å². The monoisotopic (exact) mass is 414 g/mol. The highest BCUT2D eigenvalue weighted by molar-refractivity contribution is 5.88. The van der Waals surface area contributed by atoms with E-state index in [9.17, 15) is 30.0 Å². The van der Waals surface area contributed by atoms with E-state index < -0.39 is 36.3 Å². The van der Waals surface area contributed by atoms with Gasteiger partial charge in [0, 0.05) is 18.6 Å². The maximum absolute atomic E-state index is 12.8. The molecule has 0 radical (unpaired) electrons. The first-order valence-corrected chi connectivity index (χ1v) is 9.10. The molecule has 3 atom stereocenters. The van der Waals surface area contributed by atoms with E-state index in [2.05, 4.69) is 0 Å². The summed E-state index contributed by atoms with van der Waals surface area (Å²) in [6, 6.07) is 8.62. The number of ketones is 1. The summed E-state index contributed by atoms with van der Waals surface area (Å²) < 4.78 is 16.3. The molecule has 0 aliphatic carbocycles. The van der Waals surface area contributed by atoms with Crippen molar-refractivity contribution in [2.75, 3.05) is 6.61 Å². The minimum atomic E-state index is -1.28. The highest BCUT2D eigenvalue weighted by Crippen LogP contribution is 2.30. The van der Waals surface area contributed by atoms with Crippen molar-refractivity contribution in [2.24, 2.45) is 0 Å². The van der Waals surface area contributed by atoms with Crippen LogP contribution in [-0.4, -0.2) is 51.3 Å². The van der Waals surface area contributed by atoms with Crippen LogP contribution in [0.15, 0.2) is 51.9 Å². The number of hydrogen-bond acceptors (Lipinski definition) is 9. The van der Waals surface area contributed by atoms with Crippen molar-refractivity contribution in [3.8, 4) is 28.4 Å². The van der Waals surface area contributed by atoms with Gasteiger partial charge >= 0.3 is 0 Å². The second-order valence-electron chi connectivity index (χ2n) is 6.85. The van der Waals surface area contributed by atoms with E-state index >= 15 is 0 Å². The lowest BCUT2D eigenvalue weighted by Gasteiger charge is -2.31. The van der Waals surface area contributed by atoms with E-state index in [1.165, 1.54) is 12.3 Å². The van der Waals surface area contributed by atoms with Crippen LogP contribution in [-0.2, 0) is 9.53 Å². The average molecular weight is 414 g/mol. The number of Topliss-reactive ketones (excluding diaryl/α,β-unsaturated/α-hetero) is 1. The van der Waals surface area contributed by atoms with Gasteiger partial charge in [0.05, 0.1) is 12.2 Å². The van der Waals surface area contributed by atoms with Gasteiger partial charge in [-0.2, -0.15) is 0 Å². The van der Waals surface area contributed by atoms with Crippen LogP contribution in [0, 0.1) is 0 Å². The first-order valence-electron chi connectivity index (χ1n) is 9.10. The number of benzene rings is 2. The van der Waals surface area contributed by atoms with Crippen LogP contribution >= 0.6 is 0 Å². The second-order valence-corrected chi connectivity index (χ2v) is 6.85. The molecule has 156 valence electrons. The fourth-order valence-corrected chi connectivity index (χ4v) is 3.31. The lowest BCUT2D eigenvalue weighted by Crippen LogP contribution is -2.48. The molecule has 1 aromatic heterocycles. The molecule has 0 spiro atoms. The Balaban J connectivity index is 1.58. The number of aromatic hydroxyl groups is 2. The minimum Gasteiger partial charge on any atom is -0.508 e. The molecule has 2 heterocycles. The van der Waals surface area contributed by atoms with Crippen LogP contribution in [0.3, 0.4) is 0 Å². The number of carbonyl (C=O) groups is 1. The smallest absolute Gasteiger partial charge is 0.204 e. The largest absolute Gasteiger partial charge is 0.508 e. The summed E-state index contributed by atoms with van der Waals surface area (Å²) in [6.45, 7) is -0.558. The summed E-state index contributed by atoms with van der Waals surface area (Å²) in [5, 5.41) is 38.4. The zero-order valence-corrected chi connectivity index (χ0v) is 15.5. The van der Waals surface area contributed by atoms with Crippen molar-refractivity contribution in [2.45, 2.75) is 24.9 Å². The van der Waals surface area contributed by atoms with Crippen LogP contribution in [0.25, 0.3) is 22.1 Å². The van der Waals surface area contributed by atoms with Crippen molar-refractivity contribution in [3.05, 3.63) is 52.9 Å². The van der Waals surface area contributed by atoms with E-state index in [4.69, 9.17) is 13.9 Å². The van der Waals surface area contributed by atoms with Gasteiger partial charge in [0.15, 0.2) is 5.78 Å². The number of carbonyl (C=O) groups excluding carboxylic acids is 1. The minimum absolute atomic E-state index is 0.0464. The number of phenolic OH excluding ortho intramolecular Hbond substituents is 2. The average Bonchev–Trinajstić information content (AvgIpc) is 2.71. The number of aliphatic hydroxyl groups is 2. The van der Waals surface area contributed by atoms with Crippen LogP contribution in [0.4, 0.5) is 0 Å². The molecule has 30 heavy (non-hydrogen) atoms. The number of fused-ring (bicyclic) bond motifs is 1. The highest BCUT2D eigenvalue weighted by atomic mass is 16.7. The molecular weight excluding hydrogens is 396 g/mol. The summed E-state index contributed by atoms with van der Waals surface area (Å²) in [5.41, 5.74) is 0.288. The third-order valence-electron chi connectivity index (χ3n) is 4.82. The Morgan fingerprint density at radius 2 is 1.83 bits per heavy atom. The summed E-state index contributed by atoms with van der Waals surface area (Å²) >= 11 is 0. The maximum atomic E-state index is 12.8. The molecule has 3 aromatic rings. The highest BCUT2D eigenvalue weighted by Gasteiger charge is 2.36. The third-order valence-corrected chi connectivity index (χ3v) is 4.82. The summed E-state index contributed by atoms with van der Waals surface area (Å²) in [7, 11) is 0. The quantitative estimate of drug-likeness (QED) is 0.496. The SMILES string of the molecule is O=C1[C@H](O)C[C@H](Oc2ccc(-c3coc4cc(O)cc(O)c4c3=O)cc2)O[C@@H]1CO. The molecule has 4 N–H and O–H groups in total. The van der Waals surface area contributed by atoms with Gasteiger partial charge in [0.2, 0.25) is 11.7 Å². The molecule has 9 nitrogen and oxygen atoms in total. The normalized spacial score (nSPS) is 21.7. The standard InChI is InChI=1S/C21H18O9/c22-8-17-21(27)15(25)7-18(30-17)29-12-3-1-10(2-4-12)13-9-28-16-6-11(23)5-14(24)19(16)20(13)26/h1-6,9,15,17-18,22-25H,7-8H2/t15-,17-,18-/m1/s1. The topological polar surface area (TPSA) is 147 Å². The molecule has 0 saturated carbocycles. The van der Waals surface area contributed by atoms with Crippen LogP contribution in [0.1, 0.15) is 6.42 Å². The van der Waals surface area contributed by atoms with Gasteiger partial charge in [-0.15, -0.1) is 0 Å². The van der Waals surface area contributed by atoms with Crippen LogP contribution < -0.4 is 10.2 Å². The molecule has 9 heteroatoms. The molecule has 1 aliphatic heterocycles. The molecular formula is C21H18O9. The fourth-order valence-electron chi connectivity index (χ4n) is 3.31. The van der Waals surface area contributed by atoms with Gasteiger partial charge in [-0.1, -0.05) is 12.1 Å². The van der Waals surface area contributed by atoms with Gasteiger partial charge in [0.1, 0.15) is 46.7 Å². The molecule has 1 aliphatic rings. The lowest BCUT2D eigenvalue weighted by molar-refractivity contribution is -0.190. The molecule has 4 rings (SSSR count). The summed E-state index contributed by atoms with van der Waals surface area (Å²) in [6.07, 6.45) is -2.19. The molecule has 1 fully saturated rings. The first-order chi connectivity index (χ1) is 14.4. The Hall–Kier alpha value is -3.40. The number of rotatable bonds is 4. The second kappa shape index (κ2) is 7.79. The van der Waals surface area contributed by atoms with Gasteiger partial charge in [-0.25, -0.2) is 0 Å². The molecule has 0 amide bonds. The van der Waals surface area contributed by atoms with Crippen molar-refractivity contribution in [1.82, 2.24) is 0 Å². The number of hydrogen-bond donors (Lipinski definition) is 4. The predicted molar refractivity (Wildman–Crippen MR) is 103 cm³/mol. The van der Waals surface area contributed by atoms with Crippen molar-refractivity contribution in [3.63, 3.8) is 0 Å². The Morgan fingerprint density at radius 3 is 2.53 bits per heavy atom. The van der Waals surface area contributed by atoms with Crippen LogP contribution in [0.5, 0.6) is 17.2 Å². The Morgan fingerprint density at radius 1 is 1.10 bits per heavy atom. The maximum Gasteiger partial charge on any atom is 0.204 e. The summed E-state index contributed by atoms with van der Waals surface area (Å²) in [5.74, 6) is -0.841. The van der Waals surface area contributed by atoms with Crippen molar-refractivity contribution in [1.29, 1.82) is 0 Å². The van der Waals surface area contributed by atoms with Crippen molar-refractivity contribution < 1.29 is 39.1 Å². The van der Waals surface area contributed by atoms with E-state index in [-0.39, 0.29) is 34.5 Å². The molecule has 0 unspecified atom stereocenters. The van der Waals surface area contributed by atoms with Gasteiger partial charge < -0.3 is 34.3 Å². The zero-order valence-electron chi connectivity index (χ0n) is 15.5. The Kier molecular flexibility index (Phi) is 5.17. The van der Waals surface area contributed by atoms with Gasteiger partial charge in [-0.05, 0) is 17.7 Å². The third kappa shape index (κ3) is 3.61. The number of ether oxygens (including phenoxy) is 2. The van der Waals surface area contributed by atoms with Gasteiger partial charge in [0.25, 0.3) is 0 Å². The Bertz CT molecular complexity index is 1150. The van der Waals surface area contributed by atoms with E-state index in [0.717, 1.165) is 6.07 Å². The Labute approximate surface area is 169 Å². The van der Waals surface area contributed by atoms with Crippen LogP contribution in [0.2, 0.25) is 0 Å². The molecule has 2 aromatic carbocycles.